The Labute approximate surface area is 143 Å². The van der Waals surface area contributed by atoms with E-state index in [0.717, 1.165) is 0 Å². The number of carbonyl (C=O) groups is 2. The van der Waals surface area contributed by atoms with Gasteiger partial charge in [0.05, 0.1) is 10.0 Å². The summed E-state index contributed by atoms with van der Waals surface area (Å²) >= 11 is 11.9. The van der Waals surface area contributed by atoms with Crippen LogP contribution in [0.3, 0.4) is 0 Å². The Bertz CT molecular complexity index is 862. The molecule has 0 spiro atoms. The summed E-state index contributed by atoms with van der Waals surface area (Å²) in [6.45, 7) is 0. The van der Waals surface area contributed by atoms with Gasteiger partial charge in [-0.1, -0.05) is 35.3 Å². The molecule has 24 heavy (non-hydrogen) atoms. The summed E-state index contributed by atoms with van der Waals surface area (Å²) in [5.41, 5.74) is -1.27. The third-order valence-corrected chi connectivity index (χ3v) is 4.31. The van der Waals surface area contributed by atoms with E-state index in [1.54, 1.807) is 0 Å². The van der Waals surface area contributed by atoms with Gasteiger partial charge in [0.25, 0.3) is 5.91 Å². The number of fused-ring (bicyclic) bond motifs is 1. The van der Waals surface area contributed by atoms with E-state index < -0.39 is 30.1 Å². The zero-order valence-electron chi connectivity index (χ0n) is 11.7. The van der Waals surface area contributed by atoms with E-state index >= 15 is 0 Å². The Balaban J connectivity index is 2.17. The first-order valence-electron chi connectivity index (χ1n) is 6.63. The molecular formula is C14H8Cl2F3N3O2. The second-order valence-corrected chi connectivity index (χ2v) is 5.88. The van der Waals surface area contributed by atoms with E-state index in [9.17, 15) is 22.8 Å². The van der Waals surface area contributed by atoms with Gasteiger partial charge >= 0.3 is 6.18 Å². The van der Waals surface area contributed by atoms with E-state index in [4.69, 9.17) is 23.2 Å². The van der Waals surface area contributed by atoms with Gasteiger partial charge in [0.2, 0.25) is 5.91 Å². The summed E-state index contributed by atoms with van der Waals surface area (Å²) in [5, 5.41) is 5.89. The molecule has 10 heteroatoms. The molecule has 0 unspecified atom stereocenters. The second kappa shape index (κ2) is 5.78. The maximum Gasteiger partial charge on any atom is 0.435 e. The number of nitrogens with one attached hydrogen (secondary N) is 1. The molecular weight excluding hydrogens is 370 g/mol. The maximum absolute atomic E-state index is 13.3. The first-order valence-corrected chi connectivity index (χ1v) is 7.39. The van der Waals surface area contributed by atoms with E-state index in [-0.39, 0.29) is 27.8 Å². The van der Waals surface area contributed by atoms with E-state index in [0.29, 0.717) is 10.2 Å². The van der Waals surface area contributed by atoms with Gasteiger partial charge in [-0.15, -0.1) is 0 Å². The van der Waals surface area contributed by atoms with Crippen LogP contribution in [0.1, 0.15) is 28.0 Å². The Morgan fingerprint density at radius 3 is 2.62 bits per heavy atom. The molecule has 0 saturated carbocycles. The van der Waals surface area contributed by atoms with Crippen LogP contribution in [0.15, 0.2) is 18.2 Å². The minimum atomic E-state index is -4.80. The van der Waals surface area contributed by atoms with Crippen LogP contribution in [0.4, 0.5) is 19.0 Å². The number of anilines is 1. The molecule has 1 aromatic carbocycles. The summed E-state index contributed by atoms with van der Waals surface area (Å²) < 4.78 is 40.4. The van der Waals surface area contributed by atoms with Crippen molar-refractivity contribution >= 4 is 40.8 Å². The van der Waals surface area contributed by atoms with Crippen LogP contribution in [0.25, 0.3) is 0 Å². The lowest BCUT2D eigenvalue weighted by Crippen LogP contribution is -2.30. The van der Waals surface area contributed by atoms with Crippen LogP contribution in [0.5, 0.6) is 0 Å². The summed E-state index contributed by atoms with van der Waals surface area (Å²) in [7, 11) is 0. The van der Waals surface area contributed by atoms with Gasteiger partial charge in [0.15, 0.2) is 5.69 Å². The number of benzene rings is 1. The van der Waals surface area contributed by atoms with Gasteiger partial charge in [-0.25, -0.2) is 0 Å². The summed E-state index contributed by atoms with van der Waals surface area (Å²) in [5.74, 6) is -1.82. The number of hydrogen-bond acceptors (Lipinski definition) is 3. The zero-order chi connectivity index (χ0) is 17.6. The molecule has 2 heterocycles. The van der Waals surface area contributed by atoms with Crippen LogP contribution in [-0.4, -0.2) is 21.6 Å². The molecule has 2 aromatic rings. The molecule has 1 aromatic heterocycles. The van der Waals surface area contributed by atoms with E-state index in [2.05, 4.69) is 10.4 Å². The first kappa shape index (κ1) is 16.8. The highest BCUT2D eigenvalue weighted by Crippen LogP contribution is 2.38. The molecule has 0 radical (unpaired) electrons. The highest BCUT2D eigenvalue weighted by Gasteiger charge is 2.41. The summed E-state index contributed by atoms with van der Waals surface area (Å²) in [6.07, 6.45) is -5.66. The van der Waals surface area contributed by atoms with E-state index in [1.807, 2.05) is 0 Å². The molecule has 3 rings (SSSR count). The van der Waals surface area contributed by atoms with Crippen molar-refractivity contribution in [3.05, 3.63) is 45.1 Å². The van der Waals surface area contributed by atoms with Gasteiger partial charge in [0.1, 0.15) is 12.2 Å². The fourth-order valence-electron chi connectivity index (χ4n) is 2.42. The van der Waals surface area contributed by atoms with Crippen molar-refractivity contribution in [1.29, 1.82) is 0 Å². The average molecular weight is 378 g/mol. The molecule has 1 aliphatic heterocycles. The normalized spacial score (nSPS) is 14.5. The Morgan fingerprint density at radius 2 is 1.96 bits per heavy atom. The molecule has 0 saturated heterocycles. The number of aromatic nitrogens is 2. The zero-order valence-corrected chi connectivity index (χ0v) is 13.3. The van der Waals surface area contributed by atoms with Crippen LogP contribution in [0, 0.1) is 0 Å². The van der Waals surface area contributed by atoms with Crippen molar-refractivity contribution < 1.29 is 22.8 Å². The predicted octanol–water partition coefficient (Wildman–Crippen LogP) is 3.78. The third-order valence-electron chi connectivity index (χ3n) is 3.46. The van der Waals surface area contributed by atoms with Gasteiger partial charge in [-0.2, -0.15) is 23.0 Å². The van der Waals surface area contributed by atoms with Crippen molar-refractivity contribution in [2.45, 2.75) is 19.0 Å². The van der Waals surface area contributed by atoms with Crippen molar-refractivity contribution in [2.75, 3.05) is 5.32 Å². The molecule has 0 aliphatic carbocycles. The van der Waals surface area contributed by atoms with Crippen LogP contribution < -0.4 is 5.32 Å². The van der Waals surface area contributed by atoms with Gasteiger partial charge < -0.3 is 5.32 Å². The van der Waals surface area contributed by atoms with Crippen molar-refractivity contribution in [2.24, 2.45) is 0 Å². The number of nitrogens with zero attached hydrogens (tertiary/aromatic N) is 2. The fourth-order valence-corrected chi connectivity index (χ4v) is 2.81. The Morgan fingerprint density at radius 1 is 1.25 bits per heavy atom. The minimum Gasteiger partial charge on any atom is -0.310 e. The number of amides is 1. The number of alkyl halides is 3. The first-order chi connectivity index (χ1) is 11.2. The summed E-state index contributed by atoms with van der Waals surface area (Å²) in [6, 6.07) is 4.54. The number of carbonyl (C=O) groups excluding carboxylic acids is 2. The standard InChI is InChI=1S/C14H8Cl2F3N3O2/c15-8-3-1-2-6(11(8)16)4-7-12(14(17,18)19)21-22-10(24)5-9(23)20-13(7)22/h1-3H,4-5H2,(H,20,23). The molecule has 0 bridgehead atoms. The highest BCUT2D eigenvalue weighted by molar-refractivity contribution is 6.42. The number of halogens is 5. The molecule has 5 nitrogen and oxygen atoms in total. The van der Waals surface area contributed by atoms with Gasteiger partial charge in [0, 0.05) is 12.0 Å². The number of hydrogen-bond donors (Lipinski definition) is 1. The largest absolute Gasteiger partial charge is 0.435 e. The van der Waals surface area contributed by atoms with Crippen molar-refractivity contribution in [3.8, 4) is 0 Å². The molecule has 0 atom stereocenters. The number of rotatable bonds is 2. The minimum absolute atomic E-state index is 0.0979. The molecule has 1 aliphatic rings. The quantitative estimate of drug-likeness (QED) is 0.809. The van der Waals surface area contributed by atoms with Crippen LogP contribution in [0.2, 0.25) is 10.0 Å². The topological polar surface area (TPSA) is 64.0 Å². The lowest BCUT2D eigenvalue weighted by atomic mass is 10.0. The summed E-state index contributed by atoms with van der Waals surface area (Å²) in [4.78, 5) is 23.3. The molecule has 1 amide bonds. The Kier molecular flexibility index (Phi) is 4.05. The monoisotopic (exact) mass is 377 g/mol. The van der Waals surface area contributed by atoms with E-state index in [1.165, 1.54) is 18.2 Å². The van der Waals surface area contributed by atoms with Crippen LogP contribution >= 0.6 is 23.2 Å². The maximum atomic E-state index is 13.3. The fraction of sp³-hybridized carbons (Fsp3) is 0.214. The molecule has 1 N–H and O–H groups in total. The lowest BCUT2D eigenvalue weighted by Gasteiger charge is -2.15. The average Bonchev–Trinajstić information content (AvgIpc) is 2.83. The second-order valence-electron chi connectivity index (χ2n) is 5.09. The third kappa shape index (κ3) is 2.87. The highest BCUT2D eigenvalue weighted by atomic mass is 35.5. The predicted molar refractivity (Wildman–Crippen MR) is 80.4 cm³/mol. The lowest BCUT2D eigenvalue weighted by molar-refractivity contribution is -0.141. The SMILES string of the molecule is O=C1CC(=O)n2nc(C(F)(F)F)c(Cc3cccc(Cl)c3Cl)c2N1. The molecule has 126 valence electrons. The van der Waals surface area contributed by atoms with Crippen molar-refractivity contribution in [1.82, 2.24) is 9.78 Å². The molecule has 0 fully saturated rings. The van der Waals surface area contributed by atoms with Crippen LogP contribution in [-0.2, 0) is 17.4 Å². The van der Waals surface area contributed by atoms with Gasteiger partial charge in [-0.05, 0) is 11.6 Å². The van der Waals surface area contributed by atoms with Gasteiger partial charge in [-0.3, -0.25) is 9.59 Å². The Hall–Kier alpha value is -2.06. The van der Waals surface area contributed by atoms with Crippen molar-refractivity contribution in [3.63, 3.8) is 0 Å². The smallest absolute Gasteiger partial charge is 0.310 e.